The van der Waals surface area contributed by atoms with Gasteiger partial charge in [0.2, 0.25) is 0 Å². The van der Waals surface area contributed by atoms with Crippen molar-refractivity contribution in [1.82, 2.24) is 10.2 Å². The van der Waals surface area contributed by atoms with E-state index in [-0.39, 0.29) is 12.1 Å². The second kappa shape index (κ2) is 3.09. The van der Waals surface area contributed by atoms with E-state index in [1.807, 2.05) is 13.8 Å². The number of carbonyl (C=O) groups is 1. The molecule has 0 saturated carbocycles. The molecule has 0 spiro atoms. The second-order valence-corrected chi connectivity index (χ2v) is 2.85. The standard InChI is InChI=1S/C7H14N2O2/c1-3-9-6(10)4-5(2)8-7(9)11/h5-6,10H,3-4H2,1-2H3,(H,8,11). The lowest BCUT2D eigenvalue weighted by Crippen LogP contribution is -2.55. The fraction of sp³-hybridized carbons (Fsp3) is 0.857. The Kier molecular flexibility index (Phi) is 2.34. The first-order valence-corrected chi connectivity index (χ1v) is 3.90. The predicted octanol–water partition coefficient (Wildman–Crippen LogP) is 0.128. The molecule has 0 bridgehead atoms. The lowest BCUT2D eigenvalue weighted by Gasteiger charge is -2.34. The van der Waals surface area contributed by atoms with Crippen LogP contribution in [0.1, 0.15) is 20.3 Å². The first-order chi connectivity index (χ1) is 5.15. The Morgan fingerprint density at radius 2 is 2.45 bits per heavy atom. The van der Waals surface area contributed by atoms with Gasteiger partial charge in [0, 0.05) is 19.0 Å². The molecule has 1 aliphatic heterocycles. The molecule has 0 aromatic heterocycles. The monoisotopic (exact) mass is 158 g/mol. The van der Waals surface area contributed by atoms with Crippen molar-refractivity contribution in [1.29, 1.82) is 0 Å². The van der Waals surface area contributed by atoms with E-state index in [2.05, 4.69) is 5.32 Å². The van der Waals surface area contributed by atoms with Gasteiger partial charge in [-0.05, 0) is 13.8 Å². The molecule has 1 aliphatic rings. The first-order valence-electron chi connectivity index (χ1n) is 3.90. The predicted molar refractivity (Wildman–Crippen MR) is 41.0 cm³/mol. The van der Waals surface area contributed by atoms with Gasteiger partial charge < -0.3 is 10.4 Å². The number of rotatable bonds is 1. The maximum absolute atomic E-state index is 11.1. The average molecular weight is 158 g/mol. The normalized spacial score (nSPS) is 31.9. The SMILES string of the molecule is CCN1C(=O)NC(C)CC1O. The maximum Gasteiger partial charge on any atom is 0.319 e. The highest BCUT2D eigenvalue weighted by Crippen LogP contribution is 2.10. The van der Waals surface area contributed by atoms with Gasteiger partial charge in [-0.25, -0.2) is 4.79 Å². The van der Waals surface area contributed by atoms with Crippen LogP contribution in [0.15, 0.2) is 0 Å². The van der Waals surface area contributed by atoms with Crippen LogP contribution in [0.5, 0.6) is 0 Å². The van der Waals surface area contributed by atoms with Crippen LogP contribution >= 0.6 is 0 Å². The summed E-state index contributed by atoms with van der Waals surface area (Å²) in [5.41, 5.74) is 0. The minimum absolute atomic E-state index is 0.0836. The molecular formula is C7H14N2O2. The lowest BCUT2D eigenvalue weighted by atomic mass is 10.1. The summed E-state index contributed by atoms with van der Waals surface area (Å²) in [4.78, 5) is 12.5. The molecule has 64 valence electrons. The topological polar surface area (TPSA) is 52.6 Å². The van der Waals surface area contributed by atoms with Crippen LogP contribution in [0.3, 0.4) is 0 Å². The summed E-state index contributed by atoms with van der Waals surface area (Å²) in [7, 11) is 0. The number of hydrogen-bond acceptors (Lipinski definition) is 2. The third-order valence-electron chi connectivity index (χ3n) is 1.90. The van der Waals surface area contributed by atoms with Crippen LogP contribution in [0.4, 0.5) is 4.79 Å². The molecule has 0 aromatic carbocycles. The zero-order chi connectivity index (χ0) is 8.43. The van der Waals surface area contributed by atoms with E-state index in [4.69, 9.17) is 0 Å². The molecule has 4 heteroatoms. The van der Waals surface area contributed by atoms with Crippen LogP contribution in [0, 0.1) is 0 Å². The maximum atomic E-state index is 11.1. The van der Waals surface area contributed by atoms with E-state index in [0.717, 1.165) is 0 Å². The van der Waals surface area contributed by atoms with Crippen LogP contribution in [-0.2, 0) is 0 Å². The lowest BCUT2D eigenvalue weighted by molar-refractivity contribution is 0.00470. The van der Waals surface area contributed by atoms with E-state index < -0.39 is 6.23 Å². The van der Waals surface area contributed by atoms with E-state index in [1.54, 1.807) is 0 Å². The van der Waals surface area contributed by atoms with E-state index in [1.165, 1.54) is 4.90 Å². The van der Waals surface area contributed by atoms with Gasteiger partial charge in [0.15, 0.2) is 0 Å². The fourth-order valence-electron chi connectivity index (χ4n) is 1.29. The zero-order valence-electron chi connectivity index (χ0n) is 6.87. The quantitative estimate of drug-likeness (QED) is 0.570. The molecular weight excluding hydrogens is 144 g/mol. The number of hydrogen-bond donors (Lipinski definition) is 2. The summed E-state index contributed by atoms with van der Waals surface area (Å²) in [5.74, 6) is 0. The Hall–Kier alpha value is -0.770. The molecule has 11 heavy (non-hydrogen) atoms. The highest BCUT2D eigenvalue weighted by Gasteiger charge is 2.28. The number of nitrogens with zero attached hydrogens (tertiary/aromatic N) is 1. The number of carbonyl (C=O) groups excluding carboxylic acids is 1. The molecule has 0 aromatic rings. The number of urea groups is 1. The third kappa shape index (κ3) is 1.63. The molecule has 2 unspecified atom stereocenters. The summed E-state index contributed by atoms with van der Waals surface area (Å²) in [6, 6.07) is -0.0842. The van der Waals surface area contributed by atoms with Crippen molar-refractivity contribution in [2.45, 2.75) is 32.5 Å². The molecule has 1 fully saturated rings. The highest BCUT2D eigenvalue weighted by atomic mass is 16.3. The van der Waals surface area contributed by atoms with Crippen molar-refractivity contribution in [3.63, 3.8) is 0 Å². The molecule has 1 rings (SSSR count). The van der Waals surface area contributed by atoms with Crippen molar-refractivity contribution < 1.29 is 9.90 Å². The van der Waals surface area contributed by atoms with Crippen molar-refractivity contribution >= 4 is 6.03 Å². The second-order valence-electron chi connectivity index (χ2n) is 2.85. The minimum atomic E-state index is -0.608. The molecule has 2 N–H and O–H groups in total. The van der Waals surface area contributed by atoms with Crippen LogP contribution in [0.2, 0.25) is 0 Å². The Labute approximate surface area is 66.2 Å². The highest BCUT2D eigenvalue weighted by molar-refractivity contribution is 5.75. The molecule has 4 nitrogen and oxygen atoms in total. The molecule has 2 atom stereocenters. The van der Waals surface area contributed by atoms with Crippen molar-refractivity contribution in [3.05, 3.63) is 0 Å². The Morgan fingerprint density at radius 3 is 2.91 bits per heavy atom. The van der Waals surface area contributed by atoms with Crippen molar-refractivity contribution in [2.24, 2.45) is 0 Å². The van der Waals surface area contributed by atoms with Crippen molar-refractivity contribution in [3.8, 4) is 0 Å². The van der Waals surface area contributed by atoms with Gasteiger partial charge in [-0.3, -0.25) is 4.90 Å². The van der Waals surface area contributed by atoms with Crippen LogP contribution < -0.4 is 5.32 Å². The number of aliphatic hydroxyl groups excluding tert-OH is 1. The van der Waals surface area contributed by atoms with Crippen LogP contribution in [-0.4, -0.2) is 34.9 Å². The third-order valence-corrected chi connectivity index (χ3v) is 1.90. The molecule has 1 heterocycles. The summed E-state index contributed by atoms with van der Waals surface area (Å²) in [5, 5.41) is 12.1. The average Bonchev–Trinajstić information content (AvgIpc) is 1.85. The molecule has 0 radical (unpaired) electrons. The van der Waals surface area contributed by atoms with Gasteiger partial charge in [-0.1, -0.05) is 0 Å². The molecule has 2 amide bonds. The molecule has 1 saturated heterocycles. The summed E-state index contributed by atoms with van der Waals surface area (Å²) in [6.07, 6.45) is 0.00306. The van der Waals surface area contributed by atoms with E-state index >= 15 is 0 Å². The first kappa shape index (κ1) is 8.33. The van der Waals surface area contributed by atoms with E-state index in [0.29, 0.717) is 13.0 Å². The van der Waals surface area contributed by atoms with Gasteiger partial charge in [0.05, 0.1) is 0 Å². The number of nitrogens with one attached hydrogen (secondary N) is 1. The van der Waals surface area contributed by atoms with Gasteiger partial charge in [0.25, 0.3) is 0 Å². The minimum Gasteiger partial charge on any atom is -0.373 e. The summed E-state index contributed by atoms with van der Waals surface area (Å²) >= 11 is 0. The Bertz CT molecular complexity index is 161. The van der Waals surface area contributed by atoms with E-state index in [9.17, 15) is 9.90 Å². The molecule has 0 aliphatic carbocycles. The smallest absolute Gasteiger partial charge is 0.319 e. The zero-order valence-corrected chi connectivity index (χ0v) is 6.87. The fourth-order valence-corrected chi connectivity index (χ4v) is 1.29. The van der Waals surface area contributed by atoms with Crippen LogP contribution in [0.25, 0.3) is 0 Å². The Morgan fingerprint density at radius 1 is 1.82 bits per heavy atom. The van der Waals surface area contributed by atoms with Gasteiger partial charge in [-0.2, -0.15) is 0 Å². The van der Waals surface area contributed by atoms with Gasteiger partial charge in [0.1, 0.15) is 6.23 Å². The van der Waals surface area contributed by atoms with Gasteiger partial charge >= 0.3 is 6.03 Å². The summed E-state index contributed by atoms with van der Waals surface area (Å²) in [6.45, 7) is 4.28. The van der Waals surface area contributed by atoms with Gasteiger partial charge in [-0.15, -0.1) is 0 Å². The summed E-state index contributed by atoms with van der Waals surface area (Å²) < 4.78 is 0. The number of aliphatic hydroxyl groups is 1. The largest absolute Gasteiger partial charge is 0.373 e. The van der Waals surface area contributed by atoms with Crippen molar-refractivity contribution in [2.75, 3.05) is 6.54 Å². The Balaban J connectivity index is 2.59. The number of amides is 2.